The van der Waals surface area contributed by atoms with Crippen LogP contribution in [0.15, 0.2) is 47.4 Å². The standard InChI is InChI=1S/C24H20F6N4O4/c1-11(24(28,29)30)4-5-31-23(38)14-8-34(20-15(26)6-12(25)7-16(20)27)22-13(21(14)37)2-3-19(32-22)33-9-17(35)18(36)10-33/h2-3,6-8,17-18,35-36H,1,4-5,9-10H2,(H,31,38)/t17-,18-/m1/s1. The highest BCUT2D eigenvalue weighted by Crippen LogP contribution is 2.27. The molecule has 3 aromatic rings. The van der Waals surface area contributed by atoms with Crippen LogP contribution in [-0.2, 0) is 0 Å². The molecule has 38 heavy (non-hydrogen) atoms. The Labute approximate surface area is 210 Å². The molecule has 1 aliphatic rings. The van der Waals surface area contributed by atoms with E-state index in [9.17, 15) is 46.1 Å². The van der Waals surface area contributed by atoms with Crippen LogP contribution in [0.5, 0.6) is 0 Å². The lowest BCUT2D eigenvalue weighted by atomic mass is 10.1. The van der Waals surface area contributed by atoms with E-state index >= 15 is 0 Å². The second kappa shape index (κ2) is 10.1. The number of anilines is 1. The molecule has 202 valence electrons. The molecular formula is C24H20F6N4O4. The zero-order valence-electron chi connectivity index (χ0n) is 19.4. The smallest absolute Gasteiger partial charge is 0.389 e. The van der Waals surface area contributed by atoms with Crippen LogP contribution >= 0.6 is 0 Å². The molecule has 0 bridgehead atoms. The van der Waals surface area contributed by atoms with Gasteiger partial charge in [0.05, 0.1) is 17.6 Å². The van der Waals surface area contributed by atoms with Crippen molar-refractivity contribution in [1.82, 2.24) is 14.9 Å². The van der Waals surface area contributed by atoms with Gasteiger partial charge in [-0.1, -0.05) is 6.58 Å². The predicted octanol–water partition coefficient (Wildman–Crippen LogP) is 2.58. The van der Waals surface area contributed by atoms with Crippen molar-refractivity contribution in [2.24, 2.45) is 0 Å². The third-order valence-corrected chi connectivity index (χ3v) is 6.00. The Morgan fingerprint density at radius 2 is 1.71 bits per heavy atom. The first kappa shape index (κ1) is 27.1. The molecule has 4 rings (SSSR count). The maximum absolute atomic E-state index is 14.8. The quantitative estimate of drug-likeness (QED) is 0.327. The van der Waals surface area contributed by atoms with Gasteiger partial charge in [0.25, 0.3) is 5.91 Å². The van der Waals surface area contributed by atoms with E-state index in [1.807, 2.05) is 0 Å². The average Bonchev–Trinajstić information content (AvgIpc) is 3.16. The average molecular weight is 542 g/mol. The minimum absolute atomic E-state index is 0.0348. The maximum Gasteiger partial charge on any atom is 0.412 e. The van der Waals surface area contributed by atoms with Gasteiger partial charge in [-0.15, -0.1) is 0 Å². The van der Waals surface area contributed by atoms with Crippen molar-refractivity contribution in [3.05, 3.63) is 75.9 Å². The summed E-state index contributed by atoms with van der Waals surface area (Å²) in [5.74, 6) is -5.02. The van der Waals surface area contributed by atoms with Gasteiger partial charge in [-0.25, -0.2) is 18.2 Å². The molecule has 1 aromatic carbocycles. The molecule has 2 atom stereocenters. The summed E-state index contributed by atoms with van der Waals surface area (Å²) in [5, 5.41) is 21.5. The minimum atomic E-state index is -4.68. The Kier molecular flexibility index (Phi) is 7.21. The number of carbonyl (C=O) groups is 1. The highest BCUT2D eigenvalue weighted by molar-refractivity contribution is 5.97. The lowest BCUT2D eigenvalue weighted by Crippen LogP contribution is -2.32. The summed E-state index contributed by atoms with van der Waals surface area (Å²) in [6, 6.07) is 3.28. The van der Waals surface area contributed by atoms with E-state index in [-0.39, 0.29) is 29.9 Å². The first-order chi connectivity index (χ1) is 17.8. The van der Waals surface area contributed by atoms with Crippen molar-refractivity contribution in [3.8, 4) is 5.69 Å². The molecule has 14 heteroatoms. The van der Waals surface area contributed by atoms with E-state index in [0.717, 1.165) is 10.8 Å². The molecule has 0 saturated carbocycles. The number of halogens is 6. The number of nitrogens with one attached hydrogen (secondary N) is 1. The van der Waals surface area contributed by atoms with Crippen molar-refractivity contribution >= 4 is 22.8 Å². The van der Waals surface area contributed by atoms with Crippen LogP contribution in [0.2, 0.25) is 0 Å². The van der Waals surface area contributed by atoms with Crippen LogP contribution < -0.4 is 15.6 Å². The van der Waals surface area contributed by atoms with Gasteiger partial charge in [0, 0.05) is 43.5 Å². The third-order valence-electron chi connectivity index (χ3n) is 6.00. The number of hydrogen-bond donors (Lipinski definition) is 3. The van der Waals surface area contributed by atoms with Crippen LogP contribution in [0.3, 0.4) is 0 Å². The Balaban J connectivity index is 1.82. The normalized spacial score (nSPS) is 17.7. The molecule has 2 aromatic heterocycles. The van der Waals surface area contributed by atoms with E-state index in [4.69, 9.17) is 0 Å². The molecular weight excluding hydrogens is 522 g/mol. The topological polar surface area (TPSA) is 108 Å². The van der Waals surface area contributed by atoms with Gasteiger partial charge in [-0.3, -0.25) is 14.2 Å². The number of aliphatic hydroxyl groups is 2. The van der Waals surface area contributed by atoms with Crippen LogP contribution in [0.1, 0.15) is 16.8 Å². The Morgan fingerprint density at radius 3 is 2.29 bits per heavy atom. The molecule has 1 aliphatic heterocycles. The van der Waals surface area contributed by atoms with Crippen molar-refractivity contribution in [2.75, 3.05) is 24.5 Å². The highest BCUT2D eigenvalue weighted by atomic mass is 19.4. The summed E-state index contributed by atoms with van der Waals surface area (Å²) in [6.45, 7) is 2.28. The zero-order chi connectivity index (χ0) is 27.9. The minimum Gasteiger partial charge on any atom is -0.389 e. The molecule has 3 heterocycles. The summed E-state index contributed by atoms with van der Waals surface area (Å²) in [5.41, 5.74) is -3.93. The Morgan fingerprint density at radius 1 is 1.11 bits per heavy atom. The number of rotatable bonds is 6. The number of pyridine rings is 2. The number of amides is 1. The van der Waals surface area contributed by atoms with Crippen LogP contribution in [0.25, 0.3) is 16.7 Å². The fourth-order valence-electron chi connectivity index (χ4n) is 3.99. The molecule has 1 amide bonds. The maximum atomic E-state index is 14.8. The number of carbonyl (C=O) groups excluding carboxylic acids is 1. The van der Waals surface area contributed by atoms with Crippen molar-refractivity contribution in [3.63, 3.8) is 0 Å². The fourth-order valence-corrected chi connectivity index (χ4v) is 3.99. The molecule has 0 unspecified atom stereocenters. The van der Waals surface area contributed by atoms with Gasteiger partial charge in [0.1, 0.15) is 22.9 Å². The number of aliphatic hydroxyl groups excluding tert-OH is 2. The predicted molar refractivity (Wildman–Crippen MR) is 124 cm³/mol. The summed E-state index contributed by atoms with van der Waals surface area (Å²) in [7, 11) is 0. The van der Waals surface area contributed by atoms with E-state index < -0.39 is 77.0 Å². The number of nitrogens with zero attached hydrogens (tertiary/aromatic N) is 3. The van der Waals surface area contributed by atoms with Gasteiger partial charge < -0.3 is 20.4 Å². The number of aromatic nitrogens is 2. The lowest BCUT2D eigenvalue weighted by Gasteiger charge is -2.19. The van der Waals surface area contributed by atoms with E-state index in [1.54, 1.807) is 0 Å². The summed E-state index contributed by atoms with van der Waals surface area (Å²) < 4.78 is 81.8. The largest absolute Gasteiger partial charge is 0.412 e. The highest BCUT2D eigenvalue weighted by Gasteiger charge is 2.32. The molecule has 0 aliphatic carbocycles. The van der Waals surface area contributed by atoms with Crippen LogP contribution in [-0.4, -0.2) is 63.7 Å². The number of hydrogen-bond acceptors (Lipinski definition) is 6. The van der Waals surface area contributed by atoms with Gasteiger partial charge >= 0.3 is 6.18 Å². The molecule has 0 spiro atoms. The van der Waals surface area contributed by atoms with E-state index in [0.29, 0.717) is 12.1 Å². The van der Waals surface area contributed by atoms with Gasteiger partial charge in [-0.2, -0.15) is 13.2 Å². The molecule has 0 radical (unpaired) electrons. The van der Waals surface area contributed by atoms with Crippen LogP contribution in [0.4, 0.5) is 32.2 Å². The Hall–Kier alpha value is -3.91. The van der Waals surface area contributed by atoms with E-state index in [2.05, 4.69) is 16.9 Å². The molecule has 1 fully saturated rings. The number of β-amino-alcohol motifs (C(OH)–C–C–N with tert-alkyl or cyclic N) is 2. The SMILES string of the molecule is C=C(CCNC(=O)c1cn(-c2c(F)cc(F)cc2F)c2nc(N3C[C@@H](O)[C@H](O)C3)ccc2c1=O)C(F)(F)F. The number of alkyl halides is 3. The first-order valence-electron chi connectivity index (χ1n) is 11.1. The van der Waals surface area contributed by atoms with Crippen molar-refractivity contribution in [1.29, 1.82) is 0 Å². The fraction of sp³-hybridized carbons (Fsp3) is 0.292. The summed E-state index contributed by atoms with van der Waals surface area (Å²) in [4.78, 5) is 31.6. The summed E-state index contributed by atoms with van der Waals surface area (Å²) in [6.07, 6.45) is -6.79. The van der Waals surface area contributed by atoms with E-state index in [1.165, 1.54) is 17.0 Å². The molecule has 3 N–H and O–H groups in total. The Bertz CT molecular complexity index is 1460. The third kappa shape index (κ3) is 5.22. The first-order valence-corrected chi connectivity index (χ1v) is 11.1. The van der Waals surface area contributed by atoms with Gasteiger partial charge in [0.15, 0.2) is 17.3 Å². The molecule has 8 nitrogen and oxygen atoms in total. The number of benzene rings is 1. The van der Waals surface area contributed by atoms with Crippen molar-refractivity contribution < 1.29 is 41.4 Å². The van der Waals surface area contributed by atoms with Crippen LogP contribution in [0, 0.1) is 17.5 Å². The van der Waals surface area contributed by atoms with Crippen molar-refractivity contribution in [2.45, 2.75) is 24.8 Å². The second-order valence-corrected chi connectivity index (χ2v) is 8.65. The lowest BCUT2D eigenvalue weighted by molar-refractivity contribution is -0.0934. The van der Waals surface area contributed by atoms with Gasteiger partial charge in [-0.05, 0) is 18.6 Å². The zero-order valence-corrected chi connectivity index (χ0v) is 19.4. The monoisotopic (exact) mass is 542 g/mol. The number of fused-ring (bicyclic) bond motifs is 1. The second-order valence-electron chi connectivity index (χ2n) is 8.65. The molecule has 1 saturated heterocycles. The summed E-state index contributed by atoms with van der Waals surface area (Å²) >= 11 is 0. The van der Waals surface area contributed by atoms with Gasteiger partial charge in [0.2, 0.25) is 5.43 Å².